The number of amides is 1. The Kier molecular flexibility index (Phi) is 3.75. The van der Waals surface area contributed by atoms with Gasteiger partial charge in [-0.1, -0.05) is 24.3 Å². The monoisotopic (exact) mass is 263 g/mol. The van der Waals surface area contributed by atoms with Gasteiger partial charge in [0.1, 0.15) is 11.6 Å². The van der Waals surface area contributed by atoms with E-state index in [1.54, 1.807) is 6.07 Å². The van der Waals surface area contributed by atoms with Gasteiger partial charge >= 0.3 is 6.09 Å². The molecule has 0 aliphatic rings. The Morgan fingerprint density at radius 2 is 1.84 bits per heavy atom. The van der Waals surface area contributed by atoms with Crippen LogP contribution in [0.2, 0.25) is 0 Å². The predicted octanol–water partition coefficient (Wildman–Crippen LogP) is 3.65. The molecular formula is C14H11F2NO2. The van der Waals surface area contributed by atoms with Crippen LogP contribution >= 0.6 is 0 Å². The molecule has 0 aliphatic heterocycles. The summed E-state index contributed by atoms with van der Waals surface area (Å²) in [7, 11) is 0. The van der Waals surface area contributed by atoms with Crippen molar-refractivity contribution in [3.63, 3.8) is 0 Å². The summed E-state index contributed by atoms with van der Waals surface area (Å²) in [5.74, 6) is -1.04. The molecule has 1 N–H and O–H groups in total. The maximum absolute atomic E-state index is 13.5. The Bertz CT molecular complexity index is 602. The van der Waals surface area contributed by atoms with Crippen molar-refractivity contribution in [1.29, 1.82) is 0 Å². The number of carboxylic acid groups (broad SMARTS) is 1. The lowest BCUT2D eigenvalue weighted by molar-refractivity contribution is 0.201. The van der Waals surface area contributed by atoms with E-state index >= 15 is 0 Å². The van der Waals surface area contributed by atoms with E-state index in [1.807, 2.05) is 0 Å². The van der Waals surface area contributed by atoms with Gasteiger partial charge in [0.15, 0.2) is 0 Å². The summed E-state index contributed by atoms with van der Waals surface area (Å²) < 4.78 is 26.6. The van der Waals surface area contributed by atoms with Gasteiger partial charge in [-0.25, -0.2) is 13.6 Å². The SMILES string of the molecule is O=C(O)N(Cc1ccccc1F)c1cccc(F)c1. The molecule has 5 heteroatoms. The summed E-state index contributed by atoms with van der Waals surface area (Å²) in [4.78, 5) is 12.1. The van der Waals surface area contributed by atoms with Crippen molar-refractivity contribution in [2.45, 2.75) is 6.54 Å². The van der Waals surface area contributed by atoms with Crippen LogP contribution in [0.1, 0.15) is 5.56 Å². The summed E-state index contributed by atoms with van der Waals surface area (Å²) >= 11 is 0. The zero-order valence-electron chi connectivity index (χ0n) is 9.88. The molecule has 0 saturated heterocycles. The van der Waals surface area contributed by atoms with Crippen LogP contribution in [0.15, 0.2) is 48.5 Å². The van der Waals surface area contributed by atoms with Gasteiger partial charge in [-0.05, 0) is 24.3 Å². The maximum Gasteiger partial charge on any atom is 0.412 e. The summed E-state index contributed by atoms with van der Waals surface area (Å²) in [6.45, 7) is -0.175. The molecule has 0 aliphatic carbocycles. The predicted molar refractivity (Wildman–Crippen MR) is 67.0 cm³/mol. The van der Waals surface area contributed by atoms with Gasteiger partial charge in [-0.2, -0.15) is 0 Å². The van der Waals surface area contributed by atoms with Crippen molar-refractivity contribution in [3.8, 4) is 0 Å². The average molecular weight is 263 g/mol. The topological polar surface area (TPSA) is 40.5 Å². The molecule has 2 aromatic rings. The molecule has 3 nitrogen and oxygen atoms in total. The van der Waals surface area contributed by atoms with Crippen molar-refractivity contribution in [1.82, 2.24) is 0 Å². The van der Waals surface area contributed by atoms with Gasteiger partial charge < -0.3 is 5.11 Å². The normalized spacial score (nSPS) is 10.2. The van der Waals surface area contributed by atoms with Gasteiger partial charge in [-0.15, -0.1) is 0 Å². The van der Waals surface area contributed by atoms with Gasteiger partial charge in [0.2, 0.25) is 0 Å². The highest BCUT2D eigenvalue weighted by Gasteiger charge is 2.17. The van der Waals surface area contributed by atoms with Crippen molar-refractivity contribution >= 4 is 11.8 Å². The van der Waals surface area contributed by atoms with Crippen LogP contribution in [0.25, 0.3) is 0 Å². The summed E-state index contributed by atoms with van der Waals surface area (Å²) in [6.07, 6.45) is -1.27. The molecular weight excluding hydrogens is 252 g/mol. The van der Waals surface area contributed by atoms with Gasteiger partial charge in [0.25, 0.3) is 0 Å². The molecule has 2 aromatic carbocycles. The number of carbonyl (C=O) groups is 1. The molecule has 98 valence electrons. The zero-order valence-corrected chi connectivity index (χ0v) is 9.88. The Morgan fingerprint density at radius 1 is 1.11 bits per heavy atom. The Labute approximate surface area is 108 Å². The minimum atomic E-state index is -1.27. The van der Waals surface area contributed by atoms with Crippen LogP contribution < -0.4 is 4.90 Å². The van der Waals surface area contributed by atoms with E-state index in [0.717, 1.165) is 11.0 Å². The van der Waals surface area contributed by atoms with Gasteiger partial charge in [0.05, 0.1) is 12.2 Å². The van der Waals surface area contributed by atoms with E-state index in [4.69, 9.17) is 5.11 Å². The summed E-state index contributed by atoms with van der Waals surface area (Å²) in [5, 5.41) is 9.15. The average Bonchev–Trinajstić information content (AvgIpc) is 2.37. The highest BCUT2D eigenvalue weighted by atomic mass is 19.1. The highest BCUT2D eigenvalue weighted by molar-refractivity contribution is 5.85. The molecule has 0 bridgehead atoms. The van der Waals surface area contributed by atoms with Crippen molar-refractivity contribution < 1.29 is 18.7 Å². The van der Waals surface area contributed by atoms with Crippen LogP contribution in [0.5, 0.6) is 0 Å². The second kappa shape index (κ2) is 5.48. The van der Waals surface area contributed by atoms with Crippen LogP contribution in [0.3, 0.4) is 0 Å². The first kappa shape index (κ1) is 13.0. The second-order valence-corrected chi connectivity index (χ2v) is 3.94. The molecule has 0 atom stereocenters. The van der Waals surface area contributed by atoms with Crippen LogP contribution in [-0.4, -0.2) is 11.2 Å². The van der Waals surface area contributed by atoms with Crippen LogP contribution in [-0.2, 0) is 6.54 Å². The first-order valence-electron chi connectivity index (χ1n) is 5.57. The molecule has 0 aromatic heterocycles. The molecule has 0 unspecified atom stereocenters. The third kappa shape index (κ3) is 3.07. The minimum Gasteiger partial charge on any atom is -0.465 e. The molecule has 0 fully saturated rings. The minimum absolute atomic E-state index is 0.163. The number of anilines is 1. The fourth-order valence-electron chi connectivity index (χ4n) is 1.71. The van der Waals surface area contributed by atoms with Crippen molar-refractivity contribution in [3.05, 3.63) is 65.7 Å². The largest absolute Gasteiger partial charge is 0.465 e. The zero-order chi connectivity index (χ0) is 13.8. The van der Waals surface area contributed by atoms with E-state index in [0.29, 0.717) is 0 Å². The molecule has 0 spiro atoms. The first-order chi connectivity index (χ1) is 9.08. The standard InChI is InChI=1S/C14H11F2NO2/c15-11-5-3-6-12(8-11)17(14(18)19)9-10-4-1-2-7-13(10)16/h1-8H,9H2,(H,18,19). The third-order valence-electron chi connectivity index (χ3n) is 2.64. The first-order valence-corrected chi connectivity index (χ1v) is 5.57. The number of nitrogens with zero attached hydrogens (tertiary/aromatic N) is 1. The van der Waals surface area contributed by atoms with Crippen molar-refractivity contribution in [2.75, 3.05) is 4.90 Å². The fraction of sp³-hybridized carbons (Fsp3) is 0.0714. The lowest BCUT2D eigenvalue weighted by atomic mass is 10.2. The molecule has 1 amide bonds. The second-order valence-electron chi connectivity index (χ2n) is 3.94. The van der Waals surface area contributed by atoms with E-state index in [9.17, 15) is 13.6 Å². The Morgan fingerprint density at radius 3 is 2.47 bits per heavy atom. The molecule has 2 rings (SSSR count). The molecule has 0 radical (unpaired) electrons. The van der Waals surface area contributed by atoms with Gasteiger partial charge in [-0.3, -0.25) is 4.90 Å². The maximum atomic E-state index is 13.5. The number of hydrogen-bond acceptors (Lipinski definition) is 1. The Balaban J connectivity index is 2.32. The molecule has 0 heterocycles. The Hall–Kier alpha value is -2.43. The fourth-order valence-corrected chi connectivity index (χ4v) is 1.71. The van der Waals surface area contributed by atoms with E-state index in [-0.39, 0.29) is 17.8 Å². The highest BCUT2D eigenvalue weighted by Crippen LogP contribution is 2.19. The number of hydrogen-bond donors (Lipinski definition) is 1. The number of benzene rings is 2. The van der Waals surface area contributed by atoms with Gasteiger partial charge in [0, 0.05) is 5.56 Å². The number of halogens is 2. The van der Waals surface area contributed by atoms with E-state index in [2.05, 4.69) is 0 Å². The molecule has 0 saturated carbocycles. The van der Waals surface area contributed by atoms with E-state index < -0.39 is 17.7 Å². The lowest BCUT2D eigenvalue weighted by Crippen LogP contribution is -2.29. The summed E-state index contributed by atoms with van der Waals surface area (Å²) in [5.41, 5.74) is 0.393. The van der Waals surface area contributed by atoms with E-state index in [1.165, 1.54) is 36.4 Å². The smallest absolute Gasteiger partial charge is 0.412 e. The van der Waals surface area contributed by atoms with Crippen LogP contribution in [0, 0.1) is 11.6 Å². The molecule has 19 heavy (non-hydrogen) atoms. The third-order valence-corrected chi connectivity index (χ3v) is 2.64. The summed E-state index contributed by atoms with van der Waals surface area (Å²) in [6, 6.07) is 11.0. The van der Waals surface area contributed by atoms with Crippen molar-refractivity contribution in [2.24, 2.45) is 0 Å². The lowest BCUT2D eigenvalue weighted by Gasteiger charge is -2.19. The van der Waals surface area contributed by atoms with Crippen LogP contribution in [0.4, 0.5) is 19.3 Å². The quantitative estimate of drug-likeness (QED) is 0.918. The number of rotatable bonds is 3.